The Bertz CT molecular complexity index is 1180. The normalized spacial score (nSPS) is 17.9. The summed E-state index contributed by atoms with van der Waals surface area (Å²) in [7, 11) is 0. The van der Waals surface area contributed by atoms with Crippen LogP contribution >= 0.6 is 23.4 Å². The van der Waals surface area contributed by atoms with Crippen LogP contribution in [-0.2, 0) is 16.6 Å². The molecule has 0 aliphatic carbocycles. The van der Waals surface area contributed by atoms with E-state index in [-0.39, 0.29) is 22.6 Å². The van der Waals surface area contributed by atoms with Crippen molar-refractivity contribution in [1.82, 2.24) is 10.2 Å². The van der Waals surface area contributed by atoms with Gasteiger partial charge in [-0.3, -0.25) is 9.59 Å². The number of amides is 2. The molecule has 1 fully saturated rings. The van der Waals surface area contributed by atoms with Gasteiger partial charge in [-0.15, -0.1) is 11.8 Å². The predicted molar refractivity (Wildman–Crippen MR) is 145 cm³/mol. The second-order valence-electron chi connectivity index (χ2n) is 9.79. The average Bonchev–Trinajstić information content (AvgIpc) is 3.29. The minimum absolute atomic E-state index is 0.0373. The lowest BCUT2D eigenvalue weighted by molar-refractivity contribution is -0.124. The quantitative estimate of drug-likeness (QED) is 0.429. The van der Waals surface area contributed by atoms with Gasteiger partial charge in [-0.1, -0.05) is 99.1 Å². The Balaban J connectivity index is 1.57. The van der Waals surface area contributed by atoms with Gasteiger partial charge in [-0.05, 0) is 40.7 Å². The van der Waals surface area contributed by atoms with Crippen LogP contribution < -0.4 is 5.32 Å². The van der Waals surface area contributed by atoms with Crippen LogP contribution in [-0.4, -0.2) is 35.1 Å². The maximum absolute atomic E-state index is 13.7. The van der Waals surface area contributed by atoms with Crippen LogP contribution in [0.2, 0.25) is 5.02 Å². The fourth-order valence-corrected chi connectivity index (χ4v) is 5.87. The van der Waals surface area contributed by atoms with Crippen LogP contribution in [0, 0.1) is 0 Å². The molecule has 0 radical (unpaired) electrons. The van der Waals surface area contributed by atoms with Gasteiger partial charge in [0, 0.05) is 12.3 Å². The van der Waals surface area contributed by atoms with E-state index in [9.17, 15) is 9.59 Å². The predicted octanol–water partition coefficient (Wildman–Crippen LogP) is 6.25. The molecule has 1 aliphatic rings. The van der Waals surface area contributed by atoms with E-state index >= 15 is 0 Å². The van der Waals surface area contributed by atoms with Crippen molar-refractivity contribution in [1.29, 1.82) is 0 Å². The highest BCUT2D eigenvalue weighted by molar-refractivity contribution is 7.99. The number of nitrogens with one attached hydrogen (secondary N) is 1. The van der Waals surface area contributed by atoms with E-state index < -0.39 is 6.04 Å². The second-order valence-corrected chi connectivity index (χ2v) is 11.3. The Hall–Kier alpha value is -2.76. The summed E-state index contributed by atoms with van der Waals surface area (Å²) in [6.45, 7) is 7.04. The van der Waals surface area contributed by atoms with E-state index in [0.29, 0.717) is 22.9 Å². The zero-order valence-electron chi connectivity index (χ0n) is 20.3. The third-order valence-electron chi connectivity index (χ3n) is 6.26. The highest BCUT2D eigenvalue weighted by atomic mass is 35.5. The Morgan fingerprint density at radius 2 is 1.63 bits per heavy atom. The minimum Gasteiger partial charge on any atom is -0.354 e. The van der Waals surface area contributed by atoms with Crippen LogP contribution in [0.1, 0.15) is 53.2 Å². The highest BCUT2D eigenvalue weighted by Crippen LogP contribution is 2.43. The summed E-state index contributed by atoms with van der Waals surface area (Å²) >= 11 is 8.00. The van der Waals surface area contributed by atoms with E-state index in [1.54, 1.807) is 40.9 Å². The number of hydrogen-bond donors (Lipinski definition) is 1. The lowest BCUT2D eigenvalue weighted by Crippen LogP contribution is -2.48. The lowest BCUT2D eigenvalue weighted by Gasteiger charge is -2.30. The summed E-state index contributed by atoms with van der Waals surface area (Å²) in [5, 5.41) is 3.17. The molecule has 1 saturated heterocycles. The van der Waals surface area contributed by atoms with Crippen LogP contribution in [0.4, 0.5) is 0 Å². The standard InChI is InChI=1S/C29H31ClN2O2S/c1-29(2,3)22-15-13-21(14-16-22)28-32(27(34)23-11-7-8-12-24(23)30)25(19-35-28)26(33)31-18-17-20-9-5-4-6-10-20/h4-16,25,28H,17-19H2,1-3H3,(H,31,33). The minimum atomic E-state index is -0.577. The molecule has 3 aromatic carbocycles. The van der Waals surface area contributed by atoms with Gasteiger partial charge in [-0.2, -0.15) is 0 Å². The van der Waals surface area contributed by atoms with Crippen molar-refractivity contribution in [2.75, 3.05) is 12.3 Å². The monoisotopic (exact) mass is 506 g/mol. The van der Waals surface area contributed by atoms with Gasteiger partial charge in [0.05, 0.1) is 10.6 Å². The molecule has 0 aromatic heterocycles. The van der Waals surface area contributed by atoms with Gasteiger partial charge >= 0.3 is 0 Å². The first-order valence-corrected chi connectivity index (χ1v) is 13.3. The summed E-state index contributed by atoms with van der Waals surface area (Å²) in [6.07, 6.45) is 0.739. The first-order chi connectivity index (χ1) is 16.8. The molecule has 1 aliphatic heterocycles. The Labute approximate surface area is 217 Å². The topological polar surface area (TPSA) is 49.4 Å². The largest absolute Gasteiger partial charge is 0.354 e. The first-order valence-electron chi connectivity index (χ1n) is 11.9. The third kappa shape index (κ3) is 5.91. The van der Waals surface area contributed by atoms with Crippen LogP contribution in [0.25, 0.3) is 0 Å². The van der Waals surface area contributed by atoms with Gasteiger partial charge in [0.1, 0.15) is 11.4 Å². The Morgan fingerprint density at radius 3 is 2.29 bits per heavy atom. The first kappa shape index (κ1) is 25.3. The number of hydrogen-bond acceptors (Lipinski definition) is 3. The molecular weight excluding hydrogens is 476 g/mol. The summed E-state index contributed by atoms with van der Waals surface area (Å²) in [4.78, 5) is 28.7. The molecule has 0 bridgehead atoms. The molecule has 0 saturated carbocycles. The van der Waals surface area contributed by atoms with Gasteiger partial charge in [0.2, 0.25) is 5.91 Å². The van der Waals surface area contributed by atoms with E-state index in [0.717, 1.165) is 17.5 Å². The van der Waals surface area contributed by atoms with Crippen molar-refractivity contribution in [2.45, 2.75) is 44.0 Å². The molecule has 1 N–H and O–H groups in total. The number of rotatable bonds is 6. The van der Waals surface area contributed by atoms with Crippen molar-refractivity contribution in [3.05, 3.63) is 106 Å². The number of nitrogens with zero attached hydrogens (tertiary/aromatic N) is 1. The molecule has 4 nitrogen and oxygen atoms in total. The molecule has 1 heterocycles. The van der Waals surface area contributed by atoms with E-state index in [1.807, 2.05) is 30.3 Å². The summed E-state index contributed by atoms with van der Waals surface area (Å²) in [6, 6.07) is 24.9. The van der Waals surface area contributed by atoms with Gasteiger partial charge in [-0.25, -0.2) is 0 Å². The lowest BCUT2D eigenvalue weighted by atomic mass is 9.86. The van der Waals surface area contributed by atoms with Crippen molar-refractivity contribution in [2.24, 2.45) is 0 Å². The van der Waals surface area contributed by atoms with E-state index in [1.165, 1.54) is 5.56 Å². The van der Waals surface area contributed by atoms with Crippen molar-refractivity contribution < 1.29 is 9.59 Å². The van der Waals surface area contributed by atoms with Crippen molar-refractivity contribution >= 4 is 35.2 Å². The fourth-order valence-electron chi connectivity index (χ4n) is 4.23. The molecule has 182 valence electrons. The number of halogens is 1. The smallest absolute Gasteiger partial charge is 0.257 e. The van der Waals surface area contributed by atoms with Crippen LogP contribution in [0.15, 0.2) is 78.9 Å². The zero-order chi connectivity index (χ0) is 25.0. The Kier molecular flexibility index (Phi) is 7.88. The Morgan fingerprint density at radius 1 is 0.971 bits per heavy atom. The van der Waals surface area contributed by atoms with E-state index in [4.69, 9.17) is 11.6 Å². The van der Waals surface area contributed by atoms with Crippen LogP contribution in [0.3, 0.4) is 0 Å². The van der Waals surface area contributed by atoms with Gasteiger partial charge in [0.15, 0.2) is 0 Å². The highest BCUT2D eigenvalue weighted by Gasteiger charge is 2.43. The SMILES string of the molecule is CC(C)(C)c1ccc(C2SCC(C(=O)NCCc3ccccc3)N2C(=O)c2ccccc2Cl)cc1. The molecule has 2 unspecified atom stereocenters. The summed E-state index contributed by atoms with van der Waals surface area (Å²) in [5.41, 5.74) is 3.84. The second kappa shape index (κ2) is 10.9. The van der Waals surface area contributed by atoms with Crippen molar-refractivity contribution in [3.8, 4) is 0 Å². The molecule has 35 heavy (non-hydrogen) atoms. The van der Waals surface area contributed by atoms with Gasteiger partial charge < -0.3 is 10.2 Å². The summed E-state index contributed by atoms with van der Waals surface area (Å²) < 4.78 is 0. The molecule has 2 atom stereocenters. The molecule has 0 spiro atoms. The number of carbonyl (C=O) groups excluding carboxylic acids is 2. The van der Waals surface area contributed by atoms with E-state index in [2.05, 4.69) is 50.4 Å². The summed E-state index contributed by atoms with van der Waals surface area (Å²) in [5.74, 6) is 0.162. The average molecular weight is 507 g/mol. The molecule has 6 heteroatoms. The fraction of sp³-hybridized carbons (Fsp3) is 0.310. The molecule has 2 amide bonds. The van der Waals surface area contributed by atoms with Gasteiger partial charge in [0.25, 0.3) is 5.91 Å². The maximum atomic E-state index is 13.7. The molecular formula is C29H31ClN2O2S. The van der Waals surface area contributed by atoms with Crippen LogP contribution in [0.5, 0.6) is 0 Å². The molecule has 3 aromatic rings. The third-order valence-corrected chi connectivity index (χ3v) is 7.91. The zero-order valence-corrected chi connectivity index (χ0v) is 21.9. The number of benzene rings is 3. The maximum Gasteiger partial charge on any atom is 0.257 e. The van der Waals surface area contributed by atoms with Crippen molar-refractivity contribution in [3.63, 3.8) is 0 Å². The molecule has 4 rings (SSSR count). The number of thioether (sulfide) groups is 1. The number of carbonyl (C=O) groups is 2.